The first kappa shape index (κ1) is 21.6. The SMILES string of the molecule is O=C(c1cccc(F)c1)N1CCN(CC(=O)N2CCCC23Cc2ccccc2NC3=O)CC1. The van der Waals surface area contributed by atoms with Crippen LogP contribution in [0.1, 0.15) is 28.8 Å². The molecule has 3 amide bonds. The van der Waals surface area contributed by atoms with Crippen molar-refractivity contribution < 1.29 is 18.8 Å². The second kappa shape index (κ2) is 8.59. The lowest BCUT2D eigenvalue weighted by Crippen LogP contribution is -2.60. The van der Waals surface area contributed by atoms with Crippen molar-refractivity contribution in [2.45, 2.75) is 24.8 Å². The van der Waals surface area contributed by atoms with Crippen LogP contribution in [0.5, 0.6) is 0 Å². The Bertz CT molecular complexity index is 1100. The number of nitrogens with one attached hydrogen (secondary N) is 1. The molecule has 1 atom stereocenters. The number of amides is 3. The molecule has 0 saturated carbocycles. The number of carbonyl (C=O) groups excluding carboxylic acids is 3. The van der Waals surface area contributed by atoms with Crippen molar-refractivity contribution in [2.75, 3.05) is 44.6 Å². The molecule has 8 heteroatoms. The lowest BCUT2D eigenvalue weighted by molar-refractivity contribution is -0.144. The number of nitrogens with zero attached hydrogens (tertiary/aromatic N) is 3. The van der Waals surface area contributed by atoms with E-state index in [1.807, 2.05) is 29.2 Å². The smallest absolute Gasteiger partial charge is 0.254 e. The Morgan fingerprint density at radius 1 is 1.00 bits per heavy atom. The zero-order valence-corrected chi connectivity index (χ0v) is 18.4. The molecule has 3 aliphatic heterocycles. The summed E-state index contributed by atoms with van der Waals surface area (Å²) in [5, 5.41) is 3.00. The quantitative estimate of drug-likeness (QED) is 0.778. The fourth-order valence-corrected chi connectivity index (χ4v) is 5.28. The van der Waals surface area contributed by atoms with Crippen molar-refractivity contribution in [2.24, 2.45) is 0 Å². The molecule has 3 aliphatic rings. The Morgan fingerprint density at radius 3 is 2.58 bits per heavy atom. The maximum atomic E-state index is 13.5. The highest BCUT2D eigenvalue weighted by atomic mass is 19.1. The minimum Gasteiger partial charge on any atom is -0.336 e. The molecule has 1 N–H and O–H groups in total. The van der Waals surface area contributed by atoms with Gasteiger partial charge in [-0.25, -0.2) is 4.39 Å². The molecule has 3 heterocycles. The third kappa shape index (κ3) is 3.99. The first-order valence-corrected chi connectivity index (χ1v) is 11.4. The normalized spacial score (nSPS) is 22.9. The molecule has 33 heavy (non-hydrogen) atoms. The molecular weight excluding hydrogens is 423 g/mol. The Labute approximate surface area is 192 Å². The van der Waals surface area contributed by atoms with Gasteiger partial charge in [0.25, 0.3) is 11.8 Å². The van der Waals surface area contributed by atoms with Crippen LogP contribution >= 0.6 is 0 Å². The molecule has 172 valence electrons. The van der Waals surface area contributed by atoms with Crippen molar-refractivity contribution in [3.05, 3.63) is 65.5 Å². The highest BCUT2D eigenvalue weighted by Crippen LogP contribution is 2.39. The summed E-state index contributed by atoms with van der Waals surface area (Å²) in [6.45, 7) is 2.86. The van der Waals surface area contributed by atoms with Crippen LogP contribution in [0.3, 0.4) is 0 Å². The number of likely N-dealkylation sites (tertiary alicyclic amines) is 1. The summed E-state index contributed by atoms with van der Waals surface area (Å²) in [4.78, 5) is 44.5. The van der Waals surface area contributed by atoms with Crippen LogP contribution in [0.25, 0.3) is 0 Å². The van der Waals surface area contributed by atoms with E-state index < -0.39 is 11.4 Å². The van der Waals surface area contributed by atoms with Crippen LogP contribution in [0.2, 0.25) is 0 Å². The first-order valence-electron chi connectivity index (χ1n) is 11.4. The Balaban J connectivity index is 1.22. The van der Waals surface area contributed by atoms with Gasteiger partial charge in [-0.15, -0.1) is 0 Å². The molecule has 2 saturated heterocycles. The highest BCUT2D eigenvalue weighted by molar-refractivity contribution is 6.04. The van der Waals surface area contributed by atoms with Crippen LogP contribution in [0, 0.1) is 5.82 Å². The molecule has 7 nitrogen and oxygen atoms in total. The van der Waals surface area contributed by atoms with E-state index in [-0.39, 0.29) is 24.3 Å². The van der Waals surface area contributed by atoms with Crippen molar-refractivity contribution in [1.82, 2.24) is 14.7 Å². The van der Waals surface area contributed by atoms with Gasteiger partial charge in [0.15, 0.2) is 0 Å². The van der Waals surface area contributed by atoms with Gasteiger partial charge in [-0.1, -0.05) is 24.3 Å². The average molecular weight is 451 g/mol. The summed E-state index contributed by atoms with van der Waals surface area (Å²) >= 11 is 0. The number of piperazine rings is 1. The van der Waals surface area contributed by atoms with Crippen LogP contribution in [0.15, 0.2) is 48.5 Å². The third-order valence-corrected chi connectivity index (χ3v) is 7.05. The molecule has 2 fully saturated rings. The summed E-state index contributed by atoms with van der Waals surface area (Å²) in [5.41, 5.74) is 1.40. The predicted molar refractivity (Wildman–Crippen MR) is 121 cm³/mol. The van der Waals surface area contributed by atoms with Crippen molar-refractivity contribution in [3.63, 3.8) is 0 Å². The van der Waals surface area contributed by atoms with E-state index in [4.69, 9.17) is 0 Å². The molecule has 2 aromatic rings. The number of anilines is 1. The number of hydrogen-bond donors (Lipinski definition) is 1. The summed E-state index contributed by atoms with van der Waals surface area (Å²) in [5.74, 6) is -0.778. The van der Waals surface area contributed by atoms with Gasteiger partial charge in [0.05, 0.1) is 6.54 Å². The van der Waals surface area contributed by atoms with Gasteiger partial charge in [0.2, 0.25) is 5.91 Å². The number of halogens is 1. The second-order valence-electron chi connectivity index (χ2n) is 9.05. The molecular formula is C25H27FN4O3. The summed E-state index contributed by atoms with van der Waals surface area (Å²) in [6.07, 6.45) is 2.00. The molecule has 0 aliphatic carbocycles. The molecule has 0 radical (unpaired) electrons. The minimum absolute atomic E-state index is 0.0491. The third-order valence-electron chi connectivity index (χ3n) is 7.05. The highest BCUT2D eigenvalue weighted by Gasteiger charge is 2.51. The van der Waals surface area contributed by atoms with Crippen molar-refractivity contribution >= 4 is 23.4 Å². The molecule has 1 unspecified atom stereocenters. The maximum absolute atomic E-state index is 13.5. The number of fused-ring (bicyclic) bond motifs is 1. The lowest BCUT2D eigenvalue weighted by Gasteiger charge is -2.42. The van der Waals surface area contributed by atoms with Crippen molar-refractivity contribution in [1.29, 1.82) is 0 Å². The van der Waals surface area contributed by atoms with Gasteiger partial charge in [0, 0.05) is 50.4 Å². The van der Waals surface area contributed by atoms with E-state index in [2.05, 4.69) is 5.32 Å². The lowest BCUT2D eigenvalue weighted by atomic mass is 9.83. The Hall–Kier alpha value is -3.26. The maximum Gasteiger partial charge on any atom is 0.254 e. The second-order valence-corrected chi connectivity index (χ2v) is 9.05. The monoisotopic (exact) mass is 450 g/mol. The van der Waals surface area contributed by atoms with E-state index >= 15 is 0 Å². The zero-order chi connectivity index (χ0) is 23.0. The fourth-order valence-electron chi connectivity index (χ4n) is 5.28. The zero-order valence-electron chi connectivity index (χ0n) is 18.4. The summed E-state index contributed by atoms with van der Waals surface area (Å²) < 4.78 is 13.5. The van der Waals surface area contributed by atoms with Crippen LogP contribution in [-0.2, 0) is 16.0 Å². The van der Waals surface area contributed by atoms with Crippen LogP contribution in [-0.4, -0.2) is 77.2 Å². The van der Waals surface area contributed by atoms with E-state index in [9.17, 15) is 18.8 Å². The Kier molecular flexibility index (Phi) is 5.62. The fraction of sp³-hybridized carbons (Fsp3) is 0.400. The topological polar surface area (TPSA) is 73.0 Å². The minimum atomic E-state index is -0.819. The molecule has 1 spiro atoms. The van der Waals surface area contributed by atoms with Crippen molar-refractivity contribution in [3.8, 4) is 0 Å². The van der Waals surface area contributed by atoms with Crippen LogP contribution in [0.4, 0.5) is 10.1 Å². The molecule has 0 bridgehead atoms. The predicted octanol–water partition coefficient (Wildman–Crippen LogP) is 2.14. The largest absolute Gasteiger partial charge is 0.336 e. The number of benzene rings is 2. The van der Waals surface area contributed by atoms with Gasteiger partial charge < -0.3 is 15.1 Å². The molecule has 5 rings (SSSR count). The number of carbonyl (C=O) groups is 3. The molecule has 0 aromatic heterocycles. The van der Waals surface area contributed by atoms with Gasteiger partial charge in [-0.05, 0) is 42.7 Å². The van der Waals surface area contributed by atoms with E-state index in [1.54, 1.807) is 15.9 Å². The van der Waals surface area contributed by atoms with Gasteiger partial charge >= 0.3 is 0 Å². The number of hydrogen-bond acceptors (Lipinski definition) is 4. The first-order chi connectivity index (χ1) is 16.0. The van der Waals surface area contributed by atoms with E-state index in [0.29, 0.717) is 51.1 Å². The number of rotatable bonds is 3. The van der Waals surface area contributed by atoms with Gasteiger partial charge in [-0.3, -0.25) is 19.3 Å². The standard InChI is InChI=1S/C25H27FN4O3/c26-20-7-3-6-18(15-20)23(32)29-13-11-28(12-14-29)17-22(31)30-10-4-9-25(30)16-19-5-1-2-8-21(19)27-24(25)33/h1-3,5-8,15H,4,9-14,16-17H2,(H,27,33). The molecule has 2 aromatic carbocycles. The van der Waals surface area contributed by atoms with E-state index in [1.165, 1.54) is 18.2 Å². The van der Waals surface area contributed by atoms with Crippen LogP contribution < -0.4 is 5.32 Å². The number of para-hydroxylation sites is 1. The summed E-state index contributed by atoms with van der Waals surface area (Å²) in [7, 11) is 0. The summed E-state index contributed by atoms with van der Waals surface area (Å²) in [6, 6.07) is 13.5. The van der Waals surface area contributed by atoms with Gasteiger partial charge in [-0.2, -0.15) is 0 Å². The van der Waals surface area contributed by atoms with E-state index in [0.717, 1.165) is 17.7 Å². The average Bonchev–Trinajstić information content (AvgIpc) is 3.24. The van der Waals surface area contributed by atoms with Gasteiger partial charge in [0.1, 0.15) is 11.4 Å². The Morgan fingerprint density at radius 2 is 1.79 bits per heavy atom.